The van der Waals surface area contributed by atoms with E-state index in [-0.39, 0.29) is 35.7 Å². The highest BCUT2D eigenvalue weighted by Gasteiger charge is 2.25. The molecule has 0 unspecified atom stereocenters. The van der Waals surface area contributed by atoms with Gasteiger partial charge >= 0.3 is 6.09 Å². The number of nitrogens with zero attached hydrogens (tertiary/aromatic N) is 4. The van der Waals surface area contributed by atoms with Gasteiger partial charge in [0.1, 0.15) is 12.4 Å². The van der Waals surface area contributed by atoms with E-state index in [0.29, 0.717) is 11.7 Å². The van der Waals surface area contributed by atoms with Crippen molar-refractivity contribution in [3.05, 3.63) is 52.1 Å². The monoisotopic (exact) mass is 524 g/mol. The maximum atomic E-state index is 12.4. The number of carbonyl (C=O) groups is 1. The van der Waals surface area contributed by atoms with E-state index in [9.17, 15) is 14.9 Å². The van der Waals surface area contributed by atoms with Crippen LogP contribution in [0.1, 0.15) is 31.2 Å². The molecule has 0 spiro atoms. The van der Waals surface area contributed by atoms with Crippen molar-refractivity contribution in [2.24, 2.45) is 0 Å². The van der Waals surface area contributed by atoms with Crippen molar-refractivity contribution in [3.63, 3.8) is 0 Å². The number of alkyl carbamates (subject to hydrolysis) is 1. The Hall–Kier alpha value is -4.35. The number of nitrogens with one attached hydrogen (secondary N) is 2. The van der Waals surface area contributed by atoms with E-state index in [1.54, 1.807) is 0 Å². The summed E-state index contributed by atoms with van der Waals surface area (Å²) in [6.07, 6.45) is 2.51. The topological polar surface area (TPSA) is 141 Å². The normalized spacial score (nSPS) is 16.9. The molecule has 202 valence electrons. The summed E-state index contributed by atoms with van der Waals surface area (Å²) in [6.45, 7) is -0.271. The number of nitro groups is 1. The summed E-state index contributed by atoms with van der Waals surface area (Å²) in [5.41, 5.74) is 0.875. The molecular formula is C26H32N6O6. The summed E-state index contributed by atoms with van der Waals surface area (Å²) < 4.78 is 15.6. The quantitative estimate of drug-likeness (QED) is 0.308. The molecule has 0 radical (unpaired) electrons. The first kappa shape index (κ1) is 26.7. The van der Waals surface area contributed by atoms with Gasteiger partial charge in [-0.2, -0.15) is 4.98 Å². The maximum absolute atomic E-state index is 12.4. The number of hydrogen-bond acceptors (Lipinski definition) is 10. The zero-order valence-corrected chi connectivity index (χ0v) is 21.9. The molecule has 1 aliphatic carbocycles. The van der Waals surface area contributed by atoms with E-state index in [0.717, 1.165) is 42.4 Å². The van der Waals surface area contributed by atoms with Crippen LogP contribution in [0.25, 0.3) is 10.9 Å². The van der Waals surface area contributed by atoms with Gasteiger partial charge in [-0.3, -0.25) is 10.1 Å². The van der Waals surface area contributed by atoms with Gasteiger partial charge in [0, 0.05) is 31.6 Å². The Kier molecular flexibility index (Phi) is 8.29. The van der Waals surface area contributed by atoms with Gasteiger partial charge in [0.15, 0.2) is 11.5 Å². The van der Waals surface area contributed by atoms with Crippen molar-refractivity contribution in [2.75, 3.05) is 38.5 Å². The zero-order valence-electron chi connectivity index (χ0n) is 21.9. The average molecular weight is 525 g/mol. The Balaban J connectivity index is 1.31. The fourth-order valence-corrected chi connectivity index (χ4v) is 4.58. The summed E-state index contributed by atoms with van der Waals surface area (Å²) in [5, 5.41) is 18.8. The van der Waals surface area contributed by atoms with Crippen molar-refractivity contribution in [1.29, 1.82) is 0 Å². The molecule has 1 aromatic heterocycles. The Bertz CT molecular complexity index is 1310. The first-order valence-electron chi connectivity index (χ1n) is 12.3. The van der Waals surface area contributed by atoms with Crippen LogP contribution in [-0.4, -0.2) is 61.4 Å². The lowest BCUT2D eigenvalue weighted by molar-refractivity contribution is -0.385. The molecule has 2 N–H and O–H groups in total. The van der Waals surface area contributed by atoms with Crippen molar-refractivity contribution in [2.45, 2.75) is 44.4 Å². The number of rotatable bonds is 9. The number of carbonyl (C=O) groups excluding carboxylic acids is 1. The molecule has 0 atom stereocenters. The largest absolute Gasteiger partial charge is 0.493 e. The molecule has 0 aliphatic heterocycles. The molecule has 1 fully saturated rings. The van der Waals surface area contributed by atoms with Crippen LogP contribution in [0.2, 0.25) is 0 Å². The molecule has 1 saturated carbocycles. The van der Waals surface area contributed by atoms with E-state index in [1.807, 2.05) is 43.3 Å². The van der Waals surface area contributed by atoms with Gasteiger partial charge in [-0.1, -0.05) is 12.1 Å². The van der Waals surface area contributed by atoms with Crippen LogP contribution in [-0.2, 0) is 11.3 Å². The Morgan fingerprint density at radius 1 is 1.05 bits per heavy atom. The first-order chi connectivity index (χ1) is 18.3. The number of benzene rings is 2. The second kappa shape index (κ2) is 11.8. The lowest BCUT2D eigenvalue weighted by Crippen LogP contribution is -2.40. The Morgan fingerprint density at radius 2 is 1.71 bits per heavy atom. The number of anilines is 2. The fourth-order valence-electron chi connectivity index (χ4n) is 4.58. The SMILES string of the molecule is COc1cc(COC(=O)N[C@H]2CC[C@@H](Nc3nc(N(C)C)c4ccccc4n3)CC2)c([N+](=O)[O-])cc1OC. The highest BCUT2D eigenvalue weighted by molar-refractivity contribution is 5.90. The van der Waals surface area contributed by atoms with Crippen LogP contribution >= 0.6 is 0 Å². The van der Waals surface area contributed by atoms with Gasteiger partial charge in [0.05, 0.1) is 36.3 Å². The third kappa shape index (κ3) is 6.13. The van der Waals surface area contributed by atoms with E-state index in [2.05, 4.69) is 15.6 Å². The van der Waals surface area contributed by atoms with Crippen LogP contribution in [0.5, 0.6) is 11.5 Å². The van der Waals surface area contributed by atoms with Gasteiger partial charge in [0.2, 0.25) is 5.95 Å². The third-order valence-corrected chi connectivity index (χ3v) is 6.53. The molecular weight excluding hydrogens is 492 g/mol. The molecule has 12 nitrogen and oxygen atoms in total. The van der Waals surface area contributed by atoms with Gasteiger partial charge in [-0.15, -0.1) is 0 Å². The van der Waals surface area contributed by atoms with Gasteiger partial charge in [-0.25, -0.2) is 9.78 Å². The summed E-state index contributed by atoms with van der Waals surface area (Å²) >= 11 is 0. The van der Waals surface area contributed by atoms with E-state index < -0.39 is 11.0 Å². The number of ether oxygens (including phenoxy) is 3. The second-order valence-electron chi connectivity index (χ2n) is 9.29. The lowest BCUT2D eigenvalue weighted by Gasteiger charge is -2.29. The molecule has 1 heterocycles. The average Bonchev–Trinajstić information content (AvgIpc) is 2.91. The number of para-hydroxylation sites is 1. The zero-order chi connectivity index (χ0) is 27.2. The summed E-state index contributed by atoms with van der Waals surface area (Å²) in [7, 11) is 6.74. The van der Waals surface area contributed by atoms with Gasteiger partial charge in [-0.05, 0) is 43.9 Å². The molecule has 38 heavy (non-hydrogen) atoms. The standard InChI is InChI=1S/C26H32N6O6/c1-31(2)24-19-7-5-6-8-20(19)29-25(30-24)27-17-9-11-18(12-10-17)28-26(33)38-15-16-13-22(36-3)23(37-4)14-21(16)32(34)35/h5-8,13-14,17-18H,9-12,15H2,1-4H3,(H,28,33)(H,27,29,30)/t17-,18+. The van der Waals surface area contributed by atoms with Crippen molar-refractivity contribution < 1.29 is 23.9 Å². The number of methoxy groups -OCH3 is 2. The Labute approximate surface area is 220 Å². The Morgan fingerprint density at radius 3 is 2.37 bits per heavy atom. The number of hydrogen-bond donors (Lipinski definition) is 2. The van der Waals surface area contributed by atoms with Crippen LogP contribution in [0, 0.1) is 10.1 Å². The van der Waals surface area contributed by atoms with Crippen molar-refractivity contribution >= 4 is 34.4 Å². The highest BCUT2D eigenvalue weighted by atomic mass is 16.6. The number of aromatic nitrogens is 2. The molecule has 1 aliphatic rings. The van der Waals surface area contributed by atoms with Crippen LogP contribution in [0.4, 0.5) is 22.2 Å². The number of amides is 1. The summed E-state index contributed by atoms with van der Waals surface area (Å²) in [4.78, 5) is 34.7. The first-order valence-corrected chi connectivity index (χ1v) is 12.3. The van der Waals surface area contributed by atoms with Crippen molar-refractivity contribution in [1.82, 2.24) is 15.3 Å². The van der Waals surface area contributed by atoms with Crippen LogP contribution in [0.3, 0.4) is 0 Å². The van der Waals surface area contributed by atoms with E-state index in [4.69, 9.17) is 19.2 Å². The molecule has 2 aromatic carbocycles. The van der Waals surface area contributed by atoms with E-state index >= 15 is 0 Å². The highest BCUT2D eigenvalue weighted by Crippen LogP contribution is 2.35. The number of nitro benzene ring substituents is 1. The van der Waals surface area contributed by atoms with Gasteiger partial charge < -0.3 is 29.7 Å². The predicted molar refractivity (Wildman–Crippen MR) is 143 cm³/mol. The minimum absolute atomic E-state index is 0.0594. The molecule has 3 aromatic rings. The fraction of sp³-hybridized carbons (Fsp3) is 0.423. The third-order valence-electron chi connectivity index (χ3n) is 6.53. The molecule has 1 amide bonds. The molecule has 4 rings (SSSR count). The molecule has 0 saturated heterocycles. The molecule has 0 bridgehead atoms. The summed E-state index contributed by atoms with van der Waals surface area (Å²) in [5.74, 6) is 1.98. The van der Waals surface area contributed by atoms with E-state index in [1.165, 1.54) is 26.4 Å². The maximum Gasteiger partial charge on any atom is 0.407 e. The van der Waals surface area contributed by atoms with Crippen molar-refractivity contribution in [3.8, 4) is 11.5 Å². The van der Waals surface area contributed by atoms with Crippen LogP contribution in [0.15, 0.2) is 36.4 Å². The molecule has 12 heteroatoms. The minimum Gasteiger partial charge on any atom is -0.493 e. The van der Waals surface area contributed by atoms with Gasteiger partial charge in [0.25, 0.3) is 5.69 Å². The summed E-state index contributed by atoms with van der Waals surface area (Å²) in [6, 6.07) is 10.7. The lowest BCUT2D eigenvalue weighted by atomic mass is 9.91. The smallest absolute Gasteiger partial charge is 0.407 e. The number of fused-ring (bicyclic) bond motifs is 1. The van der Waals surface area contributed by atoms with Crippen LogP contribution < -0.4 is 25.0 Å². The minimum atomic E-state index is -0.626. The predicted octanol–water partition coefficient (Wildman–Crippen LogP) is 4.27. The second-order valence-corrected chi connectivity index (χ2v) is 9.29.